The molecule has 1 aromatic carbocycles. The van der Waals surface area contributed by atoms with Gasteiger partial charge in [0.2, 0.25) is 0 Å². The highest BCUT2D eigenvalue weighted by Crippen LogP contribution is 2.32. The van der Waals surface area contributed by atoms with Gasteiger partial charge in [0.15, 0.2) is 0 Å². The molecule has 3 N–H and O–H groups in total. The first-order chi connectivity index (χ1) is 7.66. The summed E-state index contributed by atoms with van der Waals surface area (Å²) in [6.07, 6.45) is 3.99. The molecule has 0 aromatic heterocycles. The molecule has 1 saturated carbocycles. The highest BCUT2D eigenvalue weighted by atomic mass is 35.5. The maximum Gasteiger partial charge on any atom is 0.0763 e. The summed E-state index contributed by atoms with van der Waals surface area (Å²) in [7, 11) is 0. The molecule has 2 atom stereocenters. The van der Waals surface area contributed by atoms with E-state index in [0.717, 1.165) is 29.8 Å². The van der Waals surface area contributed by atoms with E-state index < -0.39 is 0 Å². The van der Waals surface area contributed by atoms with Crippen LogP contribution in [0.3, 0.4) is 0 Å². The first kappa shape index (κ1) is 11.6. The van der Waals surface area contributed by atoms with Gasteiger partial charge in [0.25, 0.3) is 0 Å². The lowest BCUT2D eigenvalue weighted by Crippen LogP contribution is -2.12. The van der Waals surface area contributed by atoms with E-state index >= 15 is 0 Å². The molecule has 2 rings (SSSR count). The van der Waals surface area contributed by atoms with Gasteiger partial charge in [0.05, 0.1) is 16.4 Å². The quantitative estimate of drug-likeness (QED) is 0.787. The molecule has 1 aliphatic carbocycles. The van der Waals surface area contributed by atoms with Crippen LogP contribution in [0.25, 0.3) is 0 Å². The van der Waals surface area contributed by atoms with E-state index in [1.807, 2.05) is 18.2 Å². The molecule has 0 radical (unpaired) electrons. The number of rotatable bonds is 3. The largest absolute Gasteiger partial charge is 0.397 e. The predicted molar refractivity (Wildman–Crippen MR) is 70.9 cm³/mol. The lowest BCUT2D eigenvalue weighted by atomic mass is 10.1. The Hall–Kier alpha value is -0.890. The van der Waals surface area contributed by atoms with Gasteiger partial charge >= 0.3 is 0 Å². The Morgan fingerprint density at radius 2 is 2.25 bits per heavy atom. The Morgan fingerprint density at radius 1 is 1.44 bits per heavy atom. The Bertz CT molecular complexity index is 345. The van der Waals surface area contributed by atoms with Crippen molar-refractivity contribution in [1.29, 1.82) is 0 Å². The standard InChI is InChI=1S/C13H19ClN2/c1-9-5-6-10(7-9)8-16-13-11(14)3-2-4-12(13)15/h2-4,9-10,16H,5-8,15H2,1H3. The summed E-state index contributed by atoms with van der Waals surface area (Å²) in [5, 5.41) is 4.10. The number of anilines is 2. The predicted octanol–water partition coefficient (Wildman–Crippen LogP) is 3.77. The number of benzene rings is 1. The molecule has 3 heteroatoms. The van der Waals surface area contributed by atoms with Crippen LogP contribution in [0.5, 0.6) is 0 Å². The summed E-state index contributed by atoms with van der Waals surface area (Å²) in [5.41, 5.74) is 7.51. The van der Waals surface area contributed by atoms with E-state index in [0.29, 0.717) is 5.02 Å². The van der Waals surface area contributed by atoms with Crippen LogP contribution in [0.4, 0.5) is 11.4 Å². The zero-order valence-corrected chi connectivity index (χ0v) is 10.4. The Kier molecular flexibility index (Phi) is 3.59. The summed E-state index contributed by atoms with van der Waals surface area (Å²) in [6.45, 7) is 3.31. The maximum absolute atomic E-state index is 6.10. The number of para-hydroxylation sites is 1. The van der Waals surface area contributed by atoms with Gasteiger partial charge in [-0.15, -0.1) is 0 Å². The van der Waals surface area contributed by atoms with Crippen molar-refractivity contribution in [3.8, 4) is 0 Å². The molecule has 2 unspecified atom stereocenters. The molecule has 88 valence electrons. The van der Waals surface area contributed by atoms with Crippen molar-refractivity contribution in [3.63, 3.8) is 0 Å². The fourth-order valence-corrected chi connectivity index (χ4v) is 2.73. The van der Waals surface area contributed by atoms with Gasteiger partial charge in [-0.1, -0.05) is 31.0 Å². The molecule has 0 aliphatic heterocycles. The van der Waals surface area contributed by atoms with Crippen LogP contribution in [0, 0.1) is 11.8 Å². The van der Waals surface area contributed by atoms with E-state index in [1.165, 1.54) is 19.3 Å². The lowest BCUT2D eigenvalue weighted by molar-refractivity contribution is 0.537. The van der Waals surface area contributed by atoms with Crippen LogP contribution in [0.2, 0.25) is 5.02 Å². The smallest absolute Gasteiger partial charge is 0.0763 e. The van der Waals surface area contributed by atoms with Crippen LogP contribution in [-0.4, -0.2) is 6.54 Å². The van der Waals surface area contributed by atoms with Crippen molar-refractivity contribution >= 4 is 23.0 Å². The molecular formula is C13H19ClN2. The highest BCUT2D eigenvalue weighted by Gasteiger charge is 2.21. The molecule has 0 bridgehead atoms. The van der Waals surface area contributed by atoms with E-state index in [1.54, 1.807) is 0 Å². The van der Waals surface area contributed by atoms with Crippen LogP contribution < -0.4 is 11.1 Å². The molecular weight excluding hydrogens is 220 g/mol. The minimum atomic E-state index is 0.714. The topological polar surface area (TPSA) is 38.0 Å². The fourth-order valence-electron chi connectivity index (χ4n) is 2.48. The van der Waals surface area contributed by atoms with Gasteiger partial charge in [0, 0.05) is 6.54 Å². The highest BCUT2D eigenvalue weighted by molar-refractivity contribution is 6.33. The molecule has 0 spiro atoms. The molecule has 0 saturated heterocycles. The Labute approximate surface area is 102 Å². The second-order valence-corrected chi connectivity index (χ2v) is 5.28. The maximum atomic E-state index is 6.10. The van der Waals surface area contributed by atoms with Crippen molar-refractivity contribution in [1.82, 2.24) is 0 Å². The van der Waals surface area contributed by atoms with Crippen molar-refractivity contribution in [2.75, 3.05) is 17.6 Å². The number of nitrogens with one attached hydrogen (secondary N) is 1. The van der Waals surface area contributed by atoms with Gasteiger partial charge in [-0.2, -0.15) is 0 Å². The minimum Gasteiger partial charge on any atom is -0.397 e. The summed E-state index contributed by atoms with van der Waals surface area (Å²) < 4.78 is 0. The zero-order chi connectivity index (χ0) is 11.5. The first-order valence-electron chi connectivity index (χ1n) is 5.94. The summed E-state index contributed by atoms with van der Waals surface area (Å²) in [6, 6.07) is 5.63. The summed E-state index contributed by atoms with van der Waals surface area (Å²) in [4.78, 5) is 0. The Balaban J connectivity index is 1.94. The van der Waals surface area contributed by atoms with Gasteiger partial charge in [-0.3, -0.25) is 0 Å². The SMILES string of the molecule is CC1CCC(CNc2c(N)cccc2Cl)C1. The van der Waals surface area contributed by atoms with Crippen LogP contribution >= 0.6 is 11.6 Å². The van der Waals surface area contributed by atoms with Crippen LogP contribution in [0.15, 0.2) is 18.2 Å². The molecule has 16 heavy (non-hydrogen) atoms. The third-order valence-electron chi connectivity index (χ3n) is 3.42. The molecule has 1 aliphatic rings. The first-order valence-corrected chi connectivity index (χ1v) is 6.32. The second kappa shape index (κ2) is 4.96. The van der Waals surface area contributed by atoms with Gasteiger partial charge in [0.1, 0.15) is 0 Å². The third-order valence-corrected chi connectivity index (χ3v) is 3.73. The molecule has 2 nitrogen and oxygen atoms in total. The Morgan fingerprint density at radius 3 is 2.88 bits per heavy atom. The van der Waals surface area contributed by atoms with Crippen molar-refractivity contribution < 1.29 is 0 Å². The second-order valence-electron chi connectivity index (χ2n) is 4.87. The fraction of sp³-hybridized carbons (Fsp3) is 0.538. The van der Waals surface area contributed by atoms with Crippen molar-refractivity contribution in [2.45, 2.75) is 26.2 Å². The van der Waals surface area contributed by atoms with Crippen LogP contribution in [0.1, 0.15) is 26.2 Å². The van der Waals surface area contributed by atoms with Crippen molar-refractivity contribution in [3.05, 3.63) is 23.2 Å². The van der Waals surface area contributed by atoms with Gasteiger partial charge in [-0.25, -0.2) is 0 Å². The number of halogens is 1. The molecule has 1 fully saturated rings. The van der Waals surface area contributed by atoms with Crippen molar-refractivity contribution in [2.24, 2.45) is 11.8 Å². The van der Waals surface area contributed by atoms with E-state index in [-0.39, 0.29) is 0 Å². The van der Waals surface area contributed by atoms with Crippen LogP contribution in [-0.2, 0) is 0 Å². The number of nitrogen functional groups attached to an aromatic ring is 1. The number of hydrogen-bond donors (Lipinski definition) is 2. The number of nitrogens with two attached hydrogens (primary N) is 1. The monoisotopic (exact) mass is 238 g/mol. The molecule has 0 amide bonds. The molecule has 0 heterocycles. The van der Waals surface area contributed by atoms with E-state index in [9.17, 15) is 0 Å². The number of hydrogen-bond acceptors (Lipinski definition) is 2. The van der Waals surface area contributed by atoms with Gasteiger partial charge < -0.3 is 11.1 Å². The van der Waals surface area contributed by atoms with E-state index in [4.69, 9.17) is 17.3 Å². The normalized spacial score (nSPS) is 24.6. The van der Waals surface area contributed by atoms with E-state index in [2.05, 4.69) is 12.2 Å². The summed E-state index contributed by atoms with van der Waals surface area (Å²) >= 11 is 6.10. The minimum absolute atomic E-state index is 0.714. The average Bonchev–Trinajstić information content (AvgIpc) is 2.63. The third kappa shape index (κ3) is 2.62. The average molecular weight is 239 g/mol. The molecule has 1 aromatic rings. The summed E-state index contributed by atoms with van der Waals surface area (Å²) in [5.74, 6) is 1.64. The van der Waals surface area contributed by atoms with Gasteiger partial charge in [-0.05, 0) is 36.8 Å². The zero-order valence-electron chi connectivity index (χ0n) is 9.67. The lowest BCUT2D eigenvalue weighted by Gasteiger charge is -2.15.